The van der Waals surface area contributed by atoms with Crippen LogP contribution in [0.25, 0.3) is 54.4 Å². The number of alkyl halides is 5. The number of anilines is 8. The van der Waals surface area contributed by atoms with Gasteiger partial charge >= 0.3 is 18.4 Å². The Morgan fingerprint density at radius 2 is 0.846 bits per heavy atom. The quantitative estimate of drug-likeness (QED) is 0.0256. The van der Waals surface area contributed by atoms with Crippen LogP contribution >= 0.6 is 11.3 Å². The number of ketones is 1. The fourth-order valence-electron chi connectivity index (χ4n) is 16.4. The molecule has 11 heterocycles. The molecule has 0 unspecified atom stereocenters. The van der Waals surface area contributed by atoms with E-state index < -0.39 is 53.0 Å². The topological polar surface area (TPSA) is 419 Å². The summed E-state index contributed by atoms with van der Waals surface area (Å²) >= 11 is 1.52. The number of nitrogens with zero attached hydrogens (tertiary/aromatic N) is 14. The first-order valence-corrected chi connectivity index (χ1v) is 44.9. The Bertz CT molecular complexity index is 6760. The molecular weight excluding hydrogens is 1790 g/mol. The molecule has 6 aliphatic rings. The van der Waals surface area contributed by atoms with Crippen LogP contribution in [-0.2, 0) is 70.4 Å². The van der Waals surface area contributed by atoms with Crippen LogP contribution in [0.3, 0.4) is 0 Å². The lowest BCUT2D eigenvalue weighted by Crippen LogP contribution is -2.41. The summed E-state index contributed by atoms with van der Waals surface area (Å²) in [4.78, 5) is 141. The highest BCUT2D eigenvalue weighted by Crippen LogP contribution is 2.39. The SMILES string of the molecule is CC(=O)c1cccc(C(=O)Nc2nc3cc(N4CCOCC4=O)ccc3n2CCCO)c1.N#Cc1cccc(C(=O)Nc2nc3cc(N4CCCOC4=O)ccc3n2CC2(F)CCOCC2)c1.O=C(Nc1nc2cc(N3CCCOC3=O)ccc2n1CC1(F)CCOCC1)c1cccc(C(F)(F)F)c1.O=C(Nc1nc2cc(N3CCOCC3=O)ccc2n1CCCO)c1ccc2scnc2c1. The van der Waals surface area contributed by atoms with Crippen LogP contribution < -0.4 is 40.9 Å². The molecule has 13 aromatic rings. The van der Waals surface area contributed by atoms with E-state index in [2.05, 4.69) is 46.2 Å². The minimum Gasteiger partial charge on any atom is -0.449 e. The van der Waals surface area contributed by atoms with Gasteiger partial charge in [-0.15, -0.1) is 11.3 Å². The molecule has 0 radical (unpaired) electrons. The number of morpholine rings is 2. The molecule has 5 aromatic heterocycles. The Hall–Kier alpha value is -14.5. The van der Waals surface area contributed by atoms with Gasteiger partial charge in [0, 0.05) is 155 Å². The average molecular weight is 1890 g/mol. The van der Waals surface area contributed by atoms with Crippen LogP contribution in [0.5, 0.6) is 0 Å². The van der Waals surface area contributed by atoms with Gasteiger partial charge in [0.15, 0.2) is 5.78 Å². The molecule has 0 saturated carbocycles. The summed E-state index contributed by atoms with van der Waals surface area (Å²) in [6.07, 6.45) is -2.39. The molecule has 6 fully saturated rings. The Labute approximate surface area is 776 Å². The molecule has 0 bridgehead atoms. The highest BCUT2D eigenvalue weighted by atomic mass is 32.1. The molecule has 136 heavy (non-hydrogen) atoms. The van der Waals surface area contributed by atoms with Crippen molar-refractivity contribution in [2.75, 3.05) is 146 Å². The molecule has 8 amide bonds. The third kappa shape index (κ3) is 21.9. The zero-order valence-electron chi connectivity index (χ0n) is 73.5. The number of Topliss-reactive ketones (excluding diaryl/α,β-unsaturated/α-hetero) is 1. The molecule has 35 nitrogen and oxygen atoms in total. The van der Waals surface area contributed by atoms with E-state index in [0.29, 0.717) is 194 Å². The predicted molar refractivity (Wildman–Crippen MR) is 494 cm³/mol. The monoisotopic (exact) mass is 1880 g/mol. The van der Waals surface area contributed by atoms with Gasteiger partial charge in [0.2, 0.25) is 23.8 Å². The first-order valence-electron chi connectivity index (χ1n) is 44.0. The minimum atomic E-state index is -4.61. The number of aliphatic hydroxyl groups excluding tert-OH is 2. The van der Waals surface area contributed by atoms with Crippen LogP contribution in [0.2, 0.25) is 0 Å². The zero-order chi connectivity index (χ0) is 95.4. The van der Waals surface area contributed by atoms with Crippen LogP contribution in [-0.4, -0.2) is 224 Å². The average Bonchev–Trinajstić information content (AvgIpc) is 1.64. The van der Waals surface area contributed by atoms with Gasteiger partial charge in [-0.1, -0.05) is 24.3 Å². The number of carbonyl (C=O) groups is 9. The van der Waals surface area contributed by atoms with Gasteiger partial charge in [-0.3, -0.25) is 64.6 Å². The largest absolute Gasteiger partial charge is 0.449 e. The number of nitrogens with one attached hydrogen (secondary N) is 4. The molecule has 19 rings (SSSR count). The van der Waals surface area contributed by atoms with E-state index in [1.165, 1.54) is 44.8 Å². The Morgan fingerprint density at radius 3 is 1.26 bits per heavy atom. The lowest BCUT2D eigenvalue weighted by molar-refractivity contribution is -0.137. The van der Waals surface area contributed by atoms with Crippen molar-refractivity contribution in [1.29, 1.82) is 5.26 Å². The van der Waals surface area contributed by atoms with Crippen molar-refractivity contribution < 1.29 is 104 Å². The number of fused-ring (bicyclic) bond motifs is 5. The summed E-state index contributed by atoms with van der Waals surface area (Å²) in [6, 6.07) is 45.6. The maximum Gasteiger partial charge on any atom is 0.416 e. The van der Waals surface area contributed by atoms with Gasteiger partial charge < -0.3 is 66.7 Å². The number of amides is 8. The van der Waals surface area contributed by atoms with E-state index in [-0.39, 0.29) is 119 Å². The van der Waals surface area contributed by atoms with Crippen LogP contribution in [0.1, 0.15) is 121 Å². The smallest absolute Gasteiger partial charge is 0.416 e. The lowest BCUT2D eigenvalue weighted by Gasteiger charge is -2.30. The van der Waals surface area contributed by atoms with Crippen molar-refractivity contribution >= 4 is 166 Å². The van der Waals surface area contributed by atoms with Gasteiger partial charge in [0.1, 0.15) is 24.6 Å². The second-order valence-electron chi connectivity index (χ2n) is 32.8. The fourth-order valence-corrected chi connectivity index (χ4v) is 17.1. The van der Waals surface area contributed by atoms with Crippen LogP contribution in [0.15, 0.2) is 169 Å². The molecule has 706 valence electrons. The summed E-state index contributed by atoms with van der Waals surface area (Å²) in [7, 11) is 0. The summed E-state index contributed by atoms with van der Waals surface area (Å²) < 4.78 is 110. The summed E-state index contributed by atoms with van der Waals surface area (Å²) in [6.45, 7) is 7.11. The van der Waals surface area contributed by atoms with Crippen LogP contribution in [0, 0.1) is 11.3 Å². The third-order valence-corrected chi connectivity index (χ3v) is 24.4. The Balaban J connectivity index is 0.000000132. The minimum absolute atomic E-state index is 0.00587. The van der Waals surface area contributed by atoms with Crippen molar-refractivity contribution in [3.8, 4) is 6.07 Å². The van der Waals surface area contributed by atoms with E-state index in [9.17, 15) is 66.5 Å². The number of carbonyl (C=O) groups excluding carboxylic acids is 9. The molecule has 8 aromatic carbocycles. The number of hydrogen-bond donors (Lipinski definition) is 6. The van der Waals surface area contributed by atoms with Gasteiger partial charge in [0.05, 0.1) is 117 Å². The van der Waals surface area contributed by atoms with E-state index in [4.69, 9.17) is 33.7 Å². The third-order valence-electron chi connectivity index (χ3n) is 23.6. The summed E-state index contributed by atoms with van der Waals surface area (Å²) in [5.41, 5.74) is 7.61. The first kappa shape index (κ1) is 94.6. The van der Waals surface area contributed by atoms with Crippen molar-refractivity contribution in [1.82, 2.24) is 43.2 Å². The van der Waals surface area contributed by atoms with Crippen molar-refractivity contribution in [2.45, 2.75) is 102 Å². The van der Waals surface area contributed by atoms with Gasteiger partial charge in [-0.25, -0.2) is 43.3 Å². The highest BCUT2D eigenvalue weighted by Gasteiger charge is 2.39. The number of aryl methyl sites for hydroxylation is 2. The maximum absolute atomic E-state index is 15.7. The number of nitriles is 1. The molecule has 41 heteroatoms. The highest BCUT2D eigenvalue weighted by molar-refractivity contribution is 7.16. The standard InChI is InChI=1S/C25H24F4N4O4.C25H24FN5O4.C23H24N4O5.C22H21N5O4S/c26-24(7-11-36-12-8-24)15-33-20-6-5-18(32-9-2-10-37-23(32)35)14-19(20)30-22(33)31-21(34)16-3-1-4-17(13-16)25(27,28)29;26-25(7-11-34-12-8-25)16-31-21-6-5-19(30-9-2-10-35-24(30)33)14-20(21)28-23(31)29-22(32)18-4-1-3-17(13-18)15-27;1-15(29)16-4-2-5-17(12-16)22(31)25-23-24-19-13-18(26-9-11-32-14-21(26)30)6-7-20(19)27(23)8-3-10-28;28-8-1-6-27-18-4-3-15(26-7-9-31-12-20(26)29)11-16(18)24-22(27)25-21(30)14-2-5-19-17(10-14)23-13-32-19/h1,3-6,13-14H,2,7-12,15H2,(H,30,31,34);1,3-6,13-14H,2,7-12,16H2,(H,28,29,32);2,4-7,12-13,28H,3,8-11,14H2,1H3,(H,24,25,31);2-5,10-11,13,28H,1,6-9,12H2,(H,24,25,30). The summed E-state index contributed by atoms with van der Waals surface area (Å²) in [5, 5.41) is 38.8. The number of ether oxygens (including phenoxy) is 6. The molecule has 0 atom stereocenters. The lowest BCUT2D eigenvalue weighted by atomic mass is 9.96. The van der Waals surface area contributed by atoms with E-state index in [1.807, 2.05) is 51.6 Å². The number of cyclic esters (lactones) is 2. The second kappa shape index (κ2) is 41.9. The molecule has 0 aliphatic carbocycles. The number of thiazole rings is 1. The number of rotatable bonds is 23. The van der Waals surface area contributed by atoms with Crippen molar-refractivity contribution in [3.63, 3.8) is 0 Å². The van der Waals surface area contributed by atoms with Crippen molar-refractivity contribution in [3.05, 3.63) is 208 Å². The molecule has 6 N–H and O–H groups in total. The molecule has 6 aliphatic heterocycles. The maximum atomic E-state index is 15.7. The number of imidazole rings is 4. The van der Waals surface area contributed by atoms with Gasteiger partial charge in [0.25, 0.3) is 35.4 Å². The van der Waals surface area contributed by atoms with Crippen LogP contribution in [0.4, 0.5) is 78.1 Å². The van der Waals surface area contributed by atoms with E-state index in [0.717, 1.165) is 45.1 Å². The number of hydrogen-bond acceptors (Lipinski definition) is 24. The zero-order valence-corrected chi connectivity index (χ0v) is 74.4. The Morgan fingerprint density at radius 1 is 0.449 bits per heavy atom. The molecule has 0 spiro atoms. The predicted octanol–water partition coefficient (Wildman–Crippen LogP) is 14.1. The van der Waals surface area contributed by atoms with E-state index >= 15 is 8.78 Å². The Kier molecular flexibility index (Phi) is 29.2. The molecule has 6 saturated heterocycles. The first-order chi connectivity index (χ1) is 65.7. The molecular formula is C95H93F5N18O17S. The fraction of sp³-hybridized carbons (Fsp3) is 0.337. The second-order valence-corrected chi connectivity index (χ2v) is 33.7. The van der Waals surface area contributed by atoms with Gasteiger partial charge in [-0.2, -0.15) is 18.4 Å². The number of aromatic nitrogens is 9. The number of benzene rings is 8. The normalized spacial score (nSPS) is 16.1. The number of halogens is 5. The van der Waals surface area contributed by atoms with E-state index in [1.54, 1.807) is 117 Å². The van der Waals surface area contributed by atoms with Gasteiger partial charge in [-0.05, 0) is 172 Å². The van der Waals surface area contributed by atoms with Crippen molar-refractivity contribution in [2.24, 2.45) is 0 Å². The number of aliphatic hydroxyl groups is 2. The summed E-state index contributed by atoms with van der Waals surface area (Å²) in [5.74, 6) is -1.40.